The Morgan fingerprint density at radius 2 is 1.83 bits per heavy atom. The van der Waals surface area contributed by atoms with Gasteiger partial charge in [0.25, 0.3) is 11.6 Å². The Bertz CT molecular complexity index is 1170. The van der Waals surface area contributed by atoms with Gasteiger partial charge in [-0.1, -0.05) is 0 Å². The molecule has 9 nitrogen and oxygen atoms in total. The third kappa shape index (κ3) is 4.43. The maximum absolute atomic E-state index is 12.6. The first-order valence-electron chi connectivity index (χ1n) is 8.32. The van der Waals surface area contributed by atoms with Gasteiger partial charge in [0.2, 0.25) is 0 Å². The molecule has 29 heavy (non-hydrogen) atoms. The predicted molar refractivity (Wildman–Crippen MR) is 103 cm³/mol. The highest BCUT2D eigenvalue weighted by molar-refractivity contribution is 7.87. The van der Waals surface area contributed by atoms with E-state index in [0.717, 1.165) is 6.07 Å². The van der Waals surface area contributed by atoms with Crippen LogP contribution in [0.1, 0.15) is 21.7 Å². The van der Waals surface area contributed by atoms with Gasteiger partial charge in [-0.25, -0.2) is 0 Å². The lowest BCUT2D eigenvalue weighted by atomic mass is 10.1. The first-order chi connectivity index (χ1) is 13.7. The minimum Gasteiger partial charge on any atom is -0.459 e. The first-order valence-corrected chi connectivity index (χ1v) is 9.73. The second kappa shape index (κ2) is 7.76. The van der Waals surface area contributed by atoms with Gasteiger partial charge in [-0.05, 0) is 61.4 Å². The lowest BCUT2D eigenvalue weighted by molar-refractivity contribution is -0.385. The van der Waals surface area contributed by atoms with Crippen LogP contribution < -0.4 is 9.50 Å². The van der Waals surface area contributed by atoms with E-state index in [1.807, 2.05) is 0 Å². The van der Waals surface area contributed by atoms with Crippen LogP contribution in [0, 0.1) is 24.0 Å². The minimum atomic E-state index is -4.30. The predicted octanol–water partition coefficient (Wildman–Crippen LogP) is 3.82. The van der Waals surface area contributed by atoms with E-state index in [0.29, 0.717) is 16.8 Å². The number of amides is 1. The summed E-state index contributed by atoms with van der Waals surface area (Å²) in [6.45, 7) is 3.13. The molecule has 0 aliphatic heterocycles. The average Bonchev–Trinajstić information content (AvgIpc) is 3.19. The van der Waals surface area contributed by atoms with Crippen LogP contribution in [0.5, 0.6) is 5.75 Å². The highest BCUT2D eigenvalue weighted by atomic mass is 32.2. The molecule has 1 amide bonds. The molecule has 1 N–H and O–H groups in total. The molecule has 2 aromatic carbocycles. The number of nitro benzene ring substituents is 1. The molecule has 0 radical (unpaired) electrons. The number of benzene rings is 2. The lowest BCUT2D eigenvalue weighted by Gasteiger charge is -2.11. The standard InChI is InChI=1S/C19H16N2O7S/c1-12-10-15(21(23)24)11-18(13(12)2)29(25,26)28-16-7-5-14(6-8-16)20-19(22)17-4-3-9-27-17/h3-11H,1-2H3,(H,20,22). The summed E-state index contributed by atoms with van der Waals surface area (Å²) in [5.41, 5.74) is 0.875. The van der Waals surface area contributed by atoms with E-state index in [1.54, 1.807) is 19.9 Å². The number of nitro groups is 1. The number of rotatable bonds is 6. The SMILES string of the molecule is Cc1cc([N+](=O)[O-])cc(S(=O)(=O)Oc2ccc(NC(=O)c3ccco3)cc2)c1C. The molecule has 0 aliphatic carbocycles. The molecule has 0 unspecified atom stereocenters. The molecule has 0 saturated heterocycles. The normalized spacial score (nSPS) is 11.1. The van der Waals surface area contributed by atoms with Crippen LogP contribution in [0.15, 0.2) is 64.1 Å². The Morgan fingerprint density at radius 1 is 1.14 bits per heavy atom. The molecule has 1 aromatic heterocycles. The van der Waals surface area contributed by atoms with Crippen LogP contribution in [0.2, 0.25) is 0 Å². The van der Waals surface area contributed by atoms with Crippen molar-refractivity contribution in [2.24, 2.45) is 0 Å². The van der Waals surface area contributed by atoms with Gasteiger partial charge in [0, 0.05) is 17.8 Å². The Labute approximate surface area is 166 Å². The largest absolute Gasteiger partial charge is 0.459 e. The Morgan fingerprint density at radius 3 is 2.41 bits per heavy atom. The van der Waals surface area contributed by atoms with Crippen molar-refractivity contribution in [2.45, 2.75) is 18.7 Å². The number of carbonyl (C=O) groups excluding carboxylic acids is 1. The van der Waals surface area contributed by atoms with Crippen molar-refractivity contribution in [2.75, 3.05) is 5.32 Å². The van der Waals surface area contributed by atoms with E-state index in [-0.39, 0.29) is 22.1 Å². The zero-order valence-corrected chi connectivity index (χ0v) is 16.2. The summed E-state index contributed by atoms with van der Waals surface area (Å²) in [7, 11) is -4.30. The van der Waals surface area contributed by atoms with Crippen molar-refractivity contribution in [3.8, 4) is 5.75 Å². The van der Waals surface area contributed by atoms with Gasteiger partial charge in [-0.2, -0.15) is 8.42 Å². The quantitative estimate of drug-likeness (QED) is 0.367. The maximum atomic E-state index is 12.6. The number of nitrogens with one attached hydrogen (secondary N) is 1. The van der Waals surface area contributed by atoms with Crippen molar-refractivity contribution in [1.29, 1.82) is 0 Å². The fourth-order valence-corrected chi connectivity index (χ4v) is 3.79. The monoisotopic (exact) mass is 416 g/mol. The zero-order chi connectivity index (χ0) is 21.2. The lowest BCUT2D eigenvalue weighted by Crippen LogP contribution is -2.13. The molecule has 0 aliphatic rings. The van der Waals surface area contributed by atoms with Crippen LogP contribution >= 0.6 is 0 Å². The highest BCUT2D eigenvalue weighted by Gasteiger charge is 2.24. The summed E-state index contributed by atoms with van der Waals surface area (Å²) < 4.78 is 35.4. The van der Waals surface area contributed by atoms with Crippen molar-refractivity contribution >= 4 is 27.4 Å². The van der Waals surface area contributed by atoms with Crippen LogP contribution in [-0.4, -0.2) is 19.2 Å². The summed E-state index contributed by atoms with van der Waals surface area (Å²) in [5, 5.41) is 13.6. The number of carbonyl (C=O) groups is 1. The smallest absolute Gasteiger partial charge is 0.339 e. The molecule has 0 bridgehead atoms. The van der Waals surface area contributed by atoms with Gasteiger partial charge in [0.05, 0.1) is 11.2 Å². The summed E-state index contributed by atoms with van der Waals surface area (Å²) in [4.78, 5) is 22.0. The van der Waals surface area contributed by atoms with Gasteiger partial charge >= 0.3 is 10.1 Å². The van der Waals surface area contributed by atoms with Gasteiger partial charge < -0.3 is 13.9 Å². The van der Waals surface area contributed by atoms with Crippen molar-refractivity contribution in [3.63, 3.8) is 0 Å². The fraction of sp³-hybridized carbons (Fsp3) is 0.105. The zero-order valence-electron chi connectivity index (χ0n) is 15.4. The van der Waals surface area contributed by atoms with E-state index in [1.165, 1.54) is 42.7 Å². The summed E-state index contributed by atoms with van der Waals surface area (Å²) in [6, 6.07) is 11.0. The third-order valence-electron chi connectivity index (χ3n) is 4.15. The molecule has 3 aromatic rings. The number of aryl methyl sites for hydroxylation is 1. The molecule has 0 spiro atoms. The van der Waals surface area contributed by atoms with E-state index in [9.17, 15) is 23.3 Å². The molecule has 10 heteroatoms. The molecule has 1 heterocycles. The van der Waals surface area contributed by atoms with Crippen LogP contribution in [0.25, 0.3) is 0 Å². The molecule has 3 rings (SSSR count). The molecule has 0 saturated carbocycles. The van der Waals surface area contributed by atoms with Gasteiger partial charge in [-0.3, -0.25) is 14.9 Å². The van der Waals surface area contributed by atoms with Gasteiger partial charge in [0.1, 0.15) is 10.6 Å². The third-order valence-corrected chi connectivity index (χ3v) is 5.52. The molecular formula is C19H16N2O7S. The Balaban J connectivity index is 1.81. The second-order valence-corrected chi connectivity index (χ2v) is 7.65. The fourth-order valence-electron chi connectivity index (χ4n) is 2.54. The topological polar surface area (TPSA) is 129 Å². The Hall–Kier alpha value is -3.66. The van der Waals surface area contributed by atoms with E-state index in [4.69, 9.17) is 8.60 Å². The van der Waals surface area contributed by atoms with Crippen LogP contribution in [-0.2, 0) is 10.1 Å². The van der Waals surface area contributed by atoms with Crippen LogP contribution in [0.4, 0.5) is 11.4 Å². The van der Waals surface area contributed by atoms with E-state index >= 15 is 0 Å². The minimum absolute atomic E-state index is 0.00967. The number of furan rings is 1. The molecular weight excluding hydrogens is 400 g/mol. The van der Waals surface area contributed by atoms with E-state index < -0.39 is 20.9 Å². The number of hydrogen-bond acceptors (Lipinski definition) is 7. The molecule has 0 fully saturated rings. The summed E-state index contributed by atoms with van der Waals surface area (Å²) in [6.07, 6.45) is 1.37. The van der Waals surface area contributed by atoms with Crippen molar-refractivity contribution < 1.29 is 26.7 Å². The molecule has 150 valence electrons. The Kier molecular flexibility index (Phi) is 5.37. The average molecular weight is 416 g/mol. The summed E-state index contributed by atoms with van der Waals surface area (Å²) >= 11 is 0. The highest BCUT2D eigenvalue weighted by Crippen LogP contribution is 2.28. The van der Waals surface area contributed by atoms with Gasteiger partial charge in [-0.15, -0.1) is 0 Å². The number of hydrogen-bond donors (Lipinski definition) is 1. The van der Waals surface area contributed by atoms with Gasteiger partial charge in [0.15, 0.2) is 5.76 Å². The number of nitrogens with zero attached hydrogens (tertiary/aromatic N) is 1. The van der Waals surface area contributed by atoms with Crippen LogP contribution in [0.3, 0.4) is 0 Å². The van der Waals surface area contributed by atoms with Crippen molar-refractivity contribution in [1.82, 2.24) is 0 Å². The maximum Gasteiger partial charge on any atom is 0.339 e. The van der Waals surface area contributed by atoms with Crippen molar-refractivity contribution in [3.05, 3.63) is 81.8 Å². The number of non-ortho nitro benzene ring substituents is 1. The second-order valence-electron chi connectivity index (χ2n) is 6.14. The van der Waals surface area contributed by atoms with E-state index in [2.05, 4.69) is 5.32 Å². The number of anilines is 1. The first kappa shape index (κ1) is 20.1. The molecule has 0 atom stereocenters. The summed E-state index contributed by atoms with van der Waals surface area (Å²) in [5.74, 6) is -0.340.